The summed E-state index contributed by atoms with van der Waals surface area (Å²) in [5.74, 6) is 1.00. The van der Waals surface area contributed by atoms with E-state index in [4.69, 9.17) is 11.1 Å². The van der Waals surface area contributed by atoms with Crippen LogP contribution in [0.15, 0.2) is 18.3 Å². The maximum atomic E-state index is 7.19. The van der Waals surface area contributed by atoms with Crippen LogP contribution in [0.3, 0.4) is 0 Å². The molecule has 0 aliphatic carbocycles. The summed E-state index contributed by atoms with van der Waals surface area (Å²) < 4.78 is 1.89. The van der Waals surface area contributed by atoms with E-state index in [9.17, 15) is 0 Å². The average molecular weight is 189 g/mol. The lowest BCUT2D eigenvalue weighted by Gasteiger charge is -2.00. The number of hydrogen-bond donors (Lipinski definition) is 2. The number of nitrogens with zero attached hydrogens (tertiary/aromatic N) is 3. The van der Waals surface area contributed by atoms with Crippen molar-refractivity contribution in [2.45, 2.75) is 13.3 Å². The van der Waals surface area contributed by atoms with Gasteiger partial charge in [-0.2, -0.15) is 0 Å². The van der Waals surface area contributed by atoms with Crippen LogP contribution in [0.2, 0.25) is 0 Å². The van der Waals surface area contributed by atoms with Crippen molar-refractivity contribution in [3.8, 4) is 0 Å². The second-order valence-electron chi connectivity index (χ2n) is 3.21. The molecule has 5 heteroatoms. The van der Waals surface area contributed by atoms with Crippen molar-refractivity contribution >= 4 is 11.5 Å². The third-order valence-corrected chi connectivity index (χ3v) is 2.03. The Labute approximate surface area is 81.1 Å². The zero-order valence-corrected chi connectivity index (χ0v) is 7.86. The van der Waals surface area contributed by atoms with Crippen LogP contribution >= 0.6 is 0 Å². The first-order chi connectivity index (χ1) is 6.66. The van der Waals surface area contributed by atoms with E-state index in [1.165, 1.54) is 0 Å². The van der Waals surface area contributed by atoms with Crippen molar-refractivity contribution in [2.75, 3.05) is 0 Å². The molecule has 0 saturated heterocycles. The lowest BCUT2D eigenvalue weighted by Crippen LogP contribution is -2.13. The van der Waals surface area contributed by atoms with Crippen LogP contribution in [-0.4, -0.2) is 20.4 Å². The molecule has 2 aromatic rings. The van der Waals surface area contributed by atoms with E-state index in [2.05, 4.69) is 10.2 Å². The molecule has 5 nitrogen and oxygen atoms in total. The second kappa shape index (κ2) is 3.10. The zero-order chi connectivity index (χ0) is 10.1. The fourth-order valence-electron chi connectivity index (χ4n) is 1.37. The van der Waals surface area contributed by atoms with Crippen molar-refractivity contribution < 1.29 is 0 Å². The van der Waals surface area contributed by atoms with Gasteiger partial charge in [0.15, 0.2) is 5.65 Å². The molecule has 2 aromatic heterocycles. The molecule has 0 amide bonds. The van der Waals surface area contributed by atoms with Crippen LogP contribution in [0.1, 0.15) is 11.4 Å². The van der Waals surface area contributed by atoms with Gasteiger partial charge in [0, 0.05) is 12.6 Å². The summed E-state index contributed by atoms with van der Waals surface area (Å²) in [6.07, 6.45) is 2.37. The van der Waals surface area contributed by atoms with E-state index in [0.29, 0.717) is 6.42 Å². The van der Waals surface area contributed by atoms with Gasteiger partial charge in [-0.15, -0.1) is 10.2 Å². The van der Waals surface area contributed by atoms with E-state index in [0.717, 1.165) is 17.0 Å². The molecular formula is C9H11N5. The Morgan fingerprint density at radius 1 is 1.50 bits per heavy atom. The van der Waals surface area contributed by atoms with Gasteiger partial charge in [-0.3, -0.25) is 9.81 Å². The third-order valence-electron chi connectivity index (χ3n) is 2.03. The van der Waals surface area contributed by atoms with Crippen molar-refractivity contribution in [2.24, 2.45) is 5.73 Å². The van der Waals surface area contributed by atoms with Gasteiger partial charge in [0.1, 0.15) is 5.82 Å². The molecule has 0 bridgehead atoms. The number of pyridine rings is 1. The van der Waals surface area contributed by atoms with Crippen LogP contribution in [0.5, 0.6) is 0 Å². The number of fused-ring (bicyclic) bond motifs is 1. The minimum absolute atomic E-state index is 0.162. The Bertz CT molecular complexity index is 485. The summed E-state index contributed by atoms with van der Waals surface area (Å²) in [5.41, 5.74) is 7.13. The zero-order valence-electron chi connectivity index (χ0n) is 7.86. The number of nitrogens with two attached hydrogens (primary N) is 1. The standard InChI is InChI=1S/C9H11N5/c1-6-12-13-9-3-2-7(4-8(10)11)5-14(6)9/h2-3,5H,4H2,1H3,(H3,10,11). The molecule has 2 heterocycles. The number of aryl methyl sites for hydroxylation is 1. The van der Waals surface area contributed by atoms with Crippen LogP contribution in [-0.2, 0) is 6.42 Å². The Kier molecular flexibility index (Phi) is 1.92. The van der Waals surface area contributed by atoms with Gasteiger partial charge >= 0.3 is 0 Å². The van der Waals surface area contributed by atoms with E-state index in [1.807, 2.05) is 29.7 Å². The summed E-state index contributed by atoms with van der Waals surface area (Å²) in [7, 11) is 0. The predicted octanol–water partition coefficient (Wildman–Crippen LogP) is 0.516. The SMILES string of the molecule is Cc1nnc2ccc(CC(=N)N)cn12. The molecule has 2 rings (SSSR count). The summed E-state index contributed by atoms with van der Waals surface area (Å²) in [5, 5.41) is 15.1. The molecule has 3 N–H and O–H groups in total. The van der Waals surface area contributed by atoms with E-state index in [-0.39, 0.29) is 5.84 Å². The monoisotopic (exact) mass is 189 g/mol. The summed E-state index contributed by atoms with van der Waals surface area (Å²) in [6, 6.07) is 3.78. The lowest BCUT2D eigenvalue weighted by atomic mass is 10.2. The minimum Gasteiger partial charge on any atom is -0.387 e. The van der Waals surface area contributed by atoms with Gasteiger partial charge in [-0.05, 0) is 18.6 Å². The predicted molar refractivity (Wildman–Crippen MR) is 53.3 cm³/mol. The minimum atomic E-state index is 0.162. The Balaban J connectivity index is 2.49. The van der Waals surface area contributed by atoms with Gasteiger partial charge in [-0.1, -0.05) is 6.07 Å². The average Bonchev–Trinajstić information content (AvgIpc) is 2.47. The third kappa shape index (κ3) is 1.44. The highest BCUT2D eigenvalue weighted by Crippen LogP contribution is 2.06. The van der Waals surface area contributed by atoms with Gasteiger partial charge in [0.25, 0.3) is 0 Å². The molecule has 0 aliphatic heterocycles. The second-order valence-corrected chi connectivity index (χ2v) is 3.21. The van der Waals surface area contributed by atoms with Gasteiger partial charge in [0.2, 0.25) is 0 Å². The van der Waals surface area contributed by atoms with Crippen LogP contribution in [0, 0.1) is 12.3 Å². The largest absolute Gasteiger partial charge is 0.387 e. The number of amidine groups is 1. The molecule has 0 radical (unpaired) electrons. The van der Waals surface area contributed by atoms with Crippen LogP contribution in [0.4, 0.5) is 0 Å². The molecule has 0 spiro atoms. The molecular weight excluding hydrogens is 178 g/mol. The Morgan fingerprint density at radius 2 is 2.29 bits per heavy atom. The maximum absolute atomic E-state index is 7.19. The summed E-state index contributed by atoms with van der Waals surface area (Å²) in [6.45, 7) is 1.89. The lowest BCUT2D eigenvalue weighted by molar-refractivity contribution is 0.998. The Hall–Kier alpha value is -1.91. The fraction of sp³-hybridized carbons (Fsp3) is 0.222. The van der Waals surface area contributed by atoms with E-state index in [1.54, 1.807) is 0 Å². The number of nitrogens with one attached hydrogen (secondary N) is 1. The molecule has 0 atom stereocenters. The molecule has 0 fully saturated rings. The maximum Gasteiger partial charge on any atom is 0.160 e. The first kappa shape index (κ1) is 8.68. The van der Waals surface area contributed by atoms with Crippen molar-refractivity contribution in [1.29, 1.82) is 5.41 Å². The highest BCUT2D eigenvalue weighted by Gasteiger charge is 2.02. The summed E-state index contributed by atoms with van der Waals surface area (Å²) >= 11 is 0. The number of hydrogen-bond acceptors (Lipinski definition) is 3. The molecule has 0 saturated carbocycles. The highest BCUT2D eigenvalue weighted by atomic mass is 15.2. The Morgan fingerprint density at radius 3 is 3.00 bits per heavy atom. The van der Waals surface area contributed by atoms with Crippen LogP contribution in [0.25, 0.3) is 5.65 Å². The molecule has 0 aliphatic rings. The molecule has 14 heavy (non-hydrogen) atoms. The van der Waals surface area contributed by atoms with Gasteiger partial charge in [-0.25, -0.2) is 0 Å². The van der Waals surface area contributed by atoms with E-state index < -0.39 is 0 Å². The fourth-order valence-corrected chi connectivity index (χ4v) is 1.37. The molecule has 72 valence electrons. The highest BCUT2D eigenvalue weighted by molar-refractivity contribution is 5.79. The van der Waals surface area contributed by atoms with Crippen LogP contribution < -0.4 is 5.73 Å². The van der Waals surface area contributed by atoms with Gasteiger partial charge in [0.05, 0.1) is 5.84 Å². The summed E-state index contributed by atoms with van der Waals surface area (Å²) in [4.78, 5) is 0. The topological polar surface area (TPSA) is 80.1 Å². The number of aromatic nitrogens is 3. The smallest absolute Gasteiger partial charge is 0.160 e. The molecule has 0 aromatic carbocycles. The normalized spacial score (nSPS) is 10.6. The first-order valence-corrected chi connectivity index (χ1v) is 4.30. The quantitative estimate of drug-likeness (QED) is 0.533. The van der Waals surface area contributed by atoms with E-state index >= 15 is 0 Å². The first-order valence-electron chi connectivity index (χ1n) is 4.30. The molecule has 0 unspecified atom stereocenters. The van der Waals surface area contributed by atoms with Gasteiger partial charge < -0.3 is 5.73 Å². The number of rotatable bonds is 2. The van der Waals surface area contributed by atoms with Crippen molar-refractivity contribution in [1.82, 2.24) is 14.6 Å². The van der Waals surface area contributed by atoms with Crippen molar-refractivity contribution in [3.63, 3.8) is 0 Å². The van der Waals surface area contributed by atoms with Crippen molar-refractivity contribution in [3.05, 3.63) is 29.7 Å².